The van der Waals surface area contributed by atoms with E-state index in [0.717, 1.165) is 36.1 Å². The van der Waals surface area contributed by atoms with Gasteiger partial charge in [-0.05, 0) is 99.9 Å². The third-order valence-corrected chi connectivity index (χ3v) is 11.3. The molecule has 0 aromatic heterocycles. The van der Waals surface area contributed by atoms with Gasteiger partial charge < -0.3 is 14.0 Å². The molecule has 0 N–H and O–H groups in total. The van der Waals surface area contributed by atoms with Crippen molar-refractivity contribution in [1.29, 1.82) is 0 Å². The van der Waals surface area contributed by atoms with E-state index >= 15 is 4.57 Å². The van der Waals surface area contributed by atoms with Crippen LogP contribution in [0.5, 0.6) is 11.5 Å². The summed E-state index contributed by atoms with van der Waals surface area (Å²) in [6, 6.07) is 14.9. The molecule has 0 amide bonds. The van der Waals surface area contributed by atoms with Crippen LogP contribution in [-0.2, 0) is 16.9 Å². The van der Waals surface area contributed by atoms with E-state index in [1.54, 1.807) is 0 Å². The molecule has 0 aliphatic carbocycles. The molecule has 0 spiro atoms. The second kappa shape index (κ2) is 16.4. The van der Waals surface area contributed by atoms with Gasteiger partial charge in [-0.1, -0.05) is 87.8 Å². The largest absolute Gasteiger partial charge is 0.493 e. The number of hydrogen-bond donors (Lipinski definition) is 0. The number of aryl methyl sites for hydroxylation is 6. The van der Waals surface area contributed by atoms with E-state index in [0.29, 0.717) is 25.5 Å². The molecule has 0 aliphatic rings. The van der Waals surface area contributed by atoms with Crippen LogP contribution < -0.4 is 14.8 Å². The summed E-state index contributed by atoms with van der Waals surface area (Å²) in [4.78, 5) is 0. The minimum atomic E-state index is -2.99. The van der Waals surface area contributed by atoms with Crippen LogP contribution >= 0.6 is 7.14 Å². The highest BCUT2D eigenvalue weighted by atomic mass is 31.2. The molecule has 42 heavy (non-hydrogen) atoms. The number of unbranched alkanes of at least 4 members (excludes halogenated alkanes) is 6. The molecule has 0 heterocycles. The molecule has 0 saturated heterocycles. The highest BCUT2D eigenvalue weighted by Crippen LogP contribution is 2.55. The minimum Gasteiger partial charge on any atom is -0.493 e. The maximum absolute atomic E-state index is 15.6. The van der Waals surface area contributed by atoms with Crippen molar-refractivity contribution in [2.45, 2.75) is 119 Å². The average molecular weight is 591 g/mol. The Morgan fingerprint density at radius 3 is 1.48 bits per heavy atom. The standard InChI is InChI=1S/C38H55O3P/c1-9-11-13-15-19-40-34-17-18-38(37(25-34)41-20-16-14-12-10-2)42(39,26-35-30(5)21-28(3)22-31(35)6)27-36-32(7)23-29(4)24-33(36)8/h17-18,21-25H,9-16,19-20,26-27H2,1-8H3. The third-order valence-electron chi connectivity index (χ3n) is 8.40. The van der Waals surface area contributed by atoms with Crippen molar-refractivity contribution >= 4 is 12.4 Å². The van der Waals surface area contributed by atoms with Crippen LogP contribution in [0.4, 0.5) is 0 Å². The van der Waals surface area contributed by atoms with Crippen LogP contribution in [0, 0.1) is 41.5 Å². The molecule has 0 unspecified atom stereocenters. The van der Waals surface area contributed by atoms with Gasteiger partial charge in [-0.25, -0.2) is 0 Å². The Kier molecular flexibility index (Phi) is 13.2. The quantitative estimate of drug-likeness (QED) is 0.116. The van der Waals surface area contributed by atoms with Crippen molar-refractivity contribution in [1.82, 2.24) is 0 Å². The molecule has 0 aliphatic heterocycles. The second-order valence-corrected chi connectivity index (χ2v) is 15.3. The molecule has 3 aromatic carbocycles. The lowest BCUT2D eigenvalue weighted by molar-refractivity contribution is 0.291. The van der Waals surface area contributed by atoms with Gasteiger partial charge in [0.15, 0.2) is 0 Å². The first-order chi connectivity index (χ1) is 20.1. The lowest BCUT2D eigenvalue weighted by atomic mass is 10.0. The van der Waals surface area contributed by atoms with Gasteiger partial charge in [0.2, 0.25) is 0 Å². The summed E-state index contributed by atoms with van der Waals surface area (Å²) in [7, 11) is -2.99. The summed E-state index contributed by atoms with van der Waals surface area (Å²) in [6.07, 6.45) is 10.2. The Balaban J connectivity index is 2.08. The SMILES string of the molecule is CCCCCCOc1ccc(P(=O)(Cc2c(C)cc(C)cc2C)Cc2c(C)cc(C)cc2C)c(OCCCCCC)c1. The summed E-state index contributed by atoms with van der Waals surface area (Å²) in [5, 5.41) is 0.843. The zero-order valence-corrected chi connectivity index (χ0v) is 28.6. The topological polar surface area (TPSA) is 35.5 Å². The van der Waals surface area contributed by atoms with E-state index in [4.69, 9.17) is 9.47 Å². The molecule has 4 heteroatoms. The third kappa shape index (κ3) is 9.50. The van der Waals surface area contributed by atoms with Crippen molar-refractivity contribution in [3.8, 4) is 11.5 Å². The van der Waals surface area contributed by atoms with Crippen LogP contribution in [0.1, 0.15) is 110 Å². The van der Waals surface area contributed by atoms with Crippen molar-refractivity contribution in [3.63, 3.8) is 0 Å². The summed E-state index contributed by atoms with van der Waals surface area (Å²) >= 11 is 0. The molecule has 0 fully saturated rings. The fourth-order valence-corrected chi connectivity index (χ4v) is 9.47. The molecule has 230 valence electrons. The summed E-state index contributed by atoms with van der Waals surface area (Å²) in [5.74, 6) is 1.53. The summed E-state index contributed by atoms with van der Waals surface area (Å²) in [5.41, 5.74) is 9.69. The first kappa shape index (κ1) is 34.0. The Morgan fingerprint density at radius 1 is 0.571 bits per heavy atom. The molecular formula is C38H55O3P. The normalized spacial score (nSPS) is 11.6. The molecule has 3 nitrogen and oxygen atoms in total. The monoisotopic (exact) mass is 590 g/mol. The van der Waals surface area contributed by atoms with E-state index in [-0.39, 0.29) is 0 Å². The van der Waals surface area contributed by atoms with Gasteiger partial charge >= 0.3 is 0 Å². The maximum Gasteiger partial charge on any atom is 0.133 e. The maximum atomic E-state index is 15.6. The first-order valence-corrected chi connectivity index (χ1v) is 18.3. The van der Waals surface area contributed by atoms with Gasteiger partial charge in [0, 0.05) is 18.4 Å². The van der Waals surface area contributed by atoms with Gasteiger partial charge in [-0.15, -0.1) is 0 Å². The second-order valence-electron chi connectivity index (χ2n) is 12.4. The summed E-state index contributed by atoms with van der Waals surface area (Å²) in [6.45, 7) is 18.6. The van der Waals surface area contributed by atoms with E-state index in [1.807, 2.05) is 18.2 Å². The van der Waals surface area contributed by atoms with Crippen molar-refractivity contribution < 1.29 is 14.0 Å². The fraction of sp³-hybridized carbons (Fsp3) is 0.526. The predicted octanol–water partition coefficient (Wildman–Crippen LogP) is 10.8. The number of hydrogen-bond acceptors (Lipinski definition) is 3. The summed E-state index contributed by atoms with van der Waals surface area (Å²) < 4.78 is 28.3. The Hall–Kier alpha value is -2.51. The lowest BCUT2D eigenvalue weighted by Crippen LogP contribution is -2.16. The van der Waals surface area contributed by atoms with Crippen LogP contribution in [0.2, 0.25) is 0 Å². The smallest absolute Gasteiger partial charge is 0.133 e. The molecular weight excluding hydrogens is 535 g/mol. The van der Waals surface area contributed by atoms with Gasteiger partial charge in [0.25, 0.3) is 0 Å². The Bertz CT molecular complexity index is 1250. The van der Waals surface area contributed by atoms with Gasteiger partial charge in [-0.2, -0.15) is 0 Å². The van der Waals surface area contributed by atoms with Crippen molar-refractivity contribution in [3.05, 3.63) is 87.0 Å². The molecule has 0 radical (unpaired) electrons. The number of ether oxygens (including phenoxy) is 2. The Morgan fingerprint density at radius 2 is 1.02 bits per heavy atom. The van der Waals surface area contributed by atoms with E-state index in [2.05, 4.69) is 79.7 Å². The minimum absolute atomic E-state index is 0.515. The zero-order valence-electron chi connectivity index (χ0n) is 27.7. The van der Waals surface area contributed by atoms with Crippen LogP contribution in [-0.4, -0.2) is 13.2 Å². The molecule has 0 atom stereocenters. The molecule has 3 rings (SSSR count). The lowest BCUT2D eigenvalue weighted by Gasteiger charge is -2.26. The molecule has 3 aromatic rings. The molecule has 0 bridgehead atoms. The molecule has 0 saturated carbocycles. The van der Waals surface area contributed by atoms with E-state index in [9.17, 15) is 0 Å². The average Bonchev–Trinajstić information content (AvgIpc) is 2.92. The number of benzene rings is 3. The predicted molar refractivity (Wildman–Crippen MR) is 182 cm³/mol. The number of rotatable bonds is 17. The Labute approximate surface area is 256 Å². The van der Waals surface area contributed by atoms with Crippen LogP contribution in [0.25, 0.3) is 0 Å². The highest BCUT2D eigenvalue weighted by molar-refractivity contribution is 7.70. The van der Waals surface area contributed by atoms with E-state index in [1.165, 1.54) is 76.6 Å². The first-order valence-electron chi connectivity index (χ1n) is 16.2. The van der Waals surface area contributed by atoms with Crippen molar-refractivity contribution in [2.75, 3.05) is 13.2 Å². The van der Waals surface area contributed by atoms with Crippen molar-refractivity contribution in [2.24, 2.45) is 0 Å². The zero-order chi connectivity index (χ0) is 30.7. The van der Waals surface area contributed by atoms with Gasteiger partial charge in [0.1, 0.15) is 18.6 Å². The highest BCUT2D eigenvalue weighted by Gasteiger charge is 2.32. The van der Waals surface area contributed by atoms with Crippen LogP contribution in [0.15, 0.2) is 42.5 Å². The van der Waals surface area contributed by atoms with Gasteiger partial charge in [-0.3, -0.25) is 0 Å². The van der Waals surface area contributed by atoms with Crippen LogP contribution in [0.3, 0.4) is 0 Å². The van der Waals surface area contributed by atoms with Gasteiger partial charge in [0.05, 0.1) is 18.5 Å². The fourth-order valence-electron chi connectivity index (χ4n) is 6.12. The van der Waals surface area contributed by atoms with E-state index < -0.39 is 7.14 Å².